The molecule has 6 heteroatoms. The zero-order valence-corrected chi connectivity index (χ0v) is 9.58. The Kier molecular flexibility index (Phi) is 5.11. The van der Waals surface area contributed by atoms with Crippen LogP contribution in [-0.2, 0) is 14.3 Å². The molecule has 0 saturated carbocycles. The van der Waals surface area contributed by atoms with Gasteiger partial charge >= 0.3 is 12.1 Å². The second kappa shape index (κ2) is 6.85. The summed E-state index contributed by atoms with van der Waals surface area (Å²) in [4.78, 5) is 33.1. The molecule has 0 heterocycles. The van der Waals surface area contributed by atoms with Gasteiger partial charge in [-0.2, -0.15) is 0 Å². The van der Waals surface area contributed by atoms with Gasteiger partial charge in [0.05, 0.1) is 7.11 Å². The second-order valence-electron chi connectivity index (χ2n) is 3.05. The number of methoxy groups -OCH3 is 1. The Morgan fingerprint density at radius 1 is 1.11 bits per heavy atom. The topological polar surface area (TPSA) is 81.7 Å². The van der Waals surface area contributed by atoms with Crippen LogP contribution >= 0.6 is 0 Å². The van der Waals surface area contributed by atoms with Crippen molar-refractivity contribution in [3.63, 3.8) is 0 Å². The predicted molar refractivity (Wildman–Crippen MR) is 61.8 cm³/mol. The standard InChI is InChI=1S/C12H11NO5/c1-17-11(15)8-7-10(14)13-12(16)18-9-5-3-2-4-6-9/h2-8H,1H3,(H,13,14,16)/b8-7+. The summed E-state index contributed by atoms with van der Waals surface area (Å²) in [7, 11) is 1.17. The summed E-state index contributed by atoms with van der Waals surface area (Å²) in [5, 5.41) is 1.91. The normalized spacial score (nSPS) is 9.83. The van der Waals surface area contributed by atoms with E-state index in [1.807, 2.05) is 5.32 Å². The molecule has 0 aliphatic carbocycles. The third kappa shape index (κ3) is 4.93. The van der Waals surface area contributed by atoms with Crippen molar-refractivity contribution in [2.45, 2.75) is 0 Å². The van der Waals surface area contributed by atoms with Crippen LogP contribution in [0.4, 0.5) is 4.79 Å². The van der Waals surface area contributed by atoms with E-state index < -0.39 is 18.0 Å². The first kappa shape index (κ1) is 13.4. The number of para-hydroxylation sites is 1. The first-order valence-corrected chi connectivity index (χ1v) is 4.95. The van der Waals surface area contributed by atoms with E-state index in [4.69, 9.17) is 4.74 Å². The second-order valence-corrected chi connectivity index (χ2v) is 3.05. The maximum Gasteiger partial charge on any atom is 0.419 e. The lowest BCUT2D eigenvalue weighted by molar-refractivity contribution is -0.135. The van der Waals surface area contributed by atoms with Crippen LogP contribution in [0, 0.1) is 0 Å². The third-order valence-electron chi connectivity index (χ3n) is 1.75. The van der Waals surface area contributed by atoms with Gasteiger partial charge in [0.15, 0.2) is 0 Å². The largest absolute Gasteiger partial charge is 0.466 e. The monoisotopic (exact) mass is 249 g/mol. The third-order valence-corrected chi connectivity index (χ3v) is 1.75. The van der Waals surface area contributed by atoms with Crippen molar-refractivity contribution in [3.05, 3.63) is 42.5 Å². The van der Waals surface area contributed by atoms with Crippen molar-refractivity contribution >= 4 is 18.0 Å². The van der Waals surface area contributed by atoms with E-state index in [1.54, 1.807) is 30.3 Å². The van der Waals surface area contributed by atoms with Crippen LogP contribution in [0.3, 0.4) is 0 Å². The molecule has 1 N–H and O–H groups in total. The minimum atomic E-state index is -0.930. The Bertz CT molecular complexity index is 467. The first-order chi connectivity index (χ1) is 8.61. The molecule has 0 unspecified atom stereocenters. The number of ether oxygens (including phenoxy) is 2. The fourth-order valence-electron chi connectivity index (χ4n) is 0.975. The summed E-state index contributed by atoms with van der Waals surface area (Å²) in [6.45, 7) is 0. The number of nitrogens with one attached hydrogen (secondary N) is 1. The molecule has 94 valence electrons. The molecule has 18 heavy (non-hydrogen) atoms. The molecule has 0 aliphatic heterocycles. The summed E-state index contributed by atoms with van der Waals surface area (Å²) >= 11 is 0. The molecule has 1 aromatic carbocycles. The van der Waals surface area contributed by atoms with Crippen LogP contribution in [0.5, 0.6) is 5.75 Å². The van der Waals surface area contributed by atoms with E-state index in [1.165, 1.54) is 7.11 Å². The minimum absolute atomic E-state index is 0.305. The van der Waals surface area contributed by atoms with Gasteiger partial charge in [-0.15, -0.1) is 0 Å². The summed E-state index contributed by atoms with van der Waals surface area (Å²) in [6, 6.07) is 8.25. The van der Waals surface area contributed by atoms with Gasteiger partial charge in [0.25, 0.3) is 5.91 Å². The molecule has 0 bridgehead atoms. The molecule has 1 aromatic rings. The summed E-state index contributed by atoms with van der Waals surface area (Å²) in [6.07, 6.45) is 0.837. The molecule has 0 aromatic heterocycles. The number of amides is 2. The van der Waals surface area contributed by atoms with Gasteiger partial charge in [-0.05, 0) is 12.1 Å². The number of hydrogen-bond donors (Lipinski definition) is 1. The highest BCUT2D eigenvalue weighted by molar-refractivity contribution is 6.01. The minimum Gasteiger partial charge on any atom is -0.466 e. The van der Waals surface area contributed by atoms with E-state index in [9.17, 15) is 14.4 Å². The molecule has 0 saturated heterocycles. The Morgan fingerprint density at radius 2 is 1.78 bits per heavy atom. The first-order valence-electron chi connectivity index (χ1n) is 4.95. The molecular formula is C12H11NO5. The average molecular weight is 249 g/mol. The van der Waals surface area contributed by atoms with Gasteiger partial charge < -0.3 is 9.47 Å². The SMILES string of the molecule is COC(=O)/C=C/C(=O)NC(=O)Oc1ccccc1. The van der Waals surface area contributed by atoms with Crippen LogP contribution in [0.2, 0.25) is 0 Å². The van der Waals surface area contributed by atoms with Crippen molar-refractivity contribution in [3.8, 4) is 5.75 Å². The summed E-state index contributed by atoms with van der Waals surface area (Å²) in [5.74, 6) is -1.16. The van der Waals surface area contributed by atoms with Crippen LogP contribution in [0.15, 0.2) is 42.5 Å². The number of imide groups is 1. The van der Waals surface area contributed by atoms with Gasteiger partial charge in [0, 0.05) is 12.2 Å². The van der Waals surface area contributed by atoms with E-state index in [-0.39, 0.29) is 0 Å². The van der Waals surface area contributed by atoms with Crippen molar-refractivity contribution in [1.29, 1.82) is 0 Å². The molecule has 2 amide bonds. The lowest BCUT2D eigenvalue weighted by atomic mass is 10.3. The smallest absolute Gasteiger partial charge is 0.419 e. The molecular weight excluding hydrogens is 238 g/mol. The number of benzene rings is 1. The lowest BCUT2D eigenvalue weighted by Crippen LogP contribution is -2.31. The van der Waals surface area contributed by atoms with E-state index in [0.29, 0.717) is 5.75 Å². The highest BCUT2D eigenvalue weighted by atomic mass is 16.6. The number of rotatable bonds is 3. The van der Waals surface area contributed by atoms with Crippen LogP contribution in [0.1, 0.15) is 0 Å². The number of esters is 1. The van der Waals surface area contributed by atoms with E-state index in [0.717, 1.165) is 12.2 Å². The van der Waals surface area contributed by atoms with Crippen LogP contribution < -0.4 is 10.1 Å². The number of hydrogen-bond acceptors (Lipinski definition) is 5. The maximum absolute atomic E-state index is 11.2. The zero-order chi connectivity index (χ0) is 13.4. The molecule has 0 fully saturated rings. The number of carbonyl (C=O) groups is 3. The van der Waals surface area contributed by atoms with Crippen molar-refractivity contribution in [2.75, 3.05) is 7.11 Å². The Morgan fingerprint density at radius 3 is 2.39 bits per heavy atom. The van der Waals surface area contributed by atoms with E-state index in [2.05, 4.69) is 4.74 Å². The predicted octanol–water partition coefficient (Wildman–Crippen LogP) is 1.03. The van der Waals surface area contributed by atoms with Crippen molar-refractivity contribution in [1.82, 2.24) is 5.32 Å². The quantitative estimate of drug-likeness (QED) is 0.639. The van der Waals surface area contributed by atoms with Gasteiger partial charge in [0.2, 0.25) is 0 Å². The molecule has 0 aliphatic rings. The molecule has 0 atom stereocenters. The highest BCUT2D eigenvalue weighted by Crippen LogP contribution is 2.07. The van der Waals surface area contributed by atoms with Gasteiger partial charge in [-0.25, -0.2) is 9.59 Å². The average Bonchev–Trinajstić information content (AvgIpc) is 2.37. The summed E-state index contributed by atoms with van der Waals surface area (Å²) in [5.41, 5.74) is 0. The molecule has 6 nitrogen and oxygen atoms in total. The lowest BCUT2D eigenvalue weighted by Gasteiger charge is -2.03. The van der Waals surface area contributed by atoms with Gasteiger partial charge in [-0.1, -0.05) is 18.2 Å². The van der Waals surface area contributed by atoms with E-state index >= 15 is 0 Å². The van der Waals surface area contributed by atoms with Crippen LogP contribution in [0.25, 0.3) is 0 Å². The fourth-order valence-corrected chi connectivity index (χ4v) is 0.975. The molecule has 0 radical (unpaired) electrons. The van der Waals surface area contributed by atoms with Crippen molar-refractivity contribution < 1.29 is 23.9 Å². The Labute approximate surface area is 103 Å². The van der Waals surface area contributed by atoms with Crippen LogP contribution in [-0.4, -0.2) is 25.1 Å². The van der Waals surface area contributed by atoms with Crippen molar-refractivity contribution in [2.24, 2.45) is 0 Å². The summed E-state index contributed by atoms with van der Waals surface area (Å²) < 4.78 is 9.08. The van der Waals surface area contributed by atoms with Gasteiger partial charge in [0.1, 0.15) is 5.75 Å². The Balaban J connectivity index is 2.43. The zero-order valence-electron chi connectivity index (χ0n) is 9.58. The Hall–Kier alpha value is -2.63. The fraction of sp³-hybridized carbons (Fsp3) is 0.0833. The highest BCUT2D eigenvalue weighted by Gasteiger charge is 2.07. The molecule has 1 rings (SSSR count). The van der Waals surface area contributed by atoms with Gasteiger partial charge in [-0.3, -0.25) is 10.1 Å². The maximum atomic E-state index is 11.2. The molecule has 0 spiro atoms. The number of carbonyl (C=O) groups excluding carboxylic acids is 3.